The van der Waals surface area contributed by atoms with E-state index in [1.165, 1.54) is 6.92 Å². The van der Waals surface area contributed by atoms with Crippen molar-refractivity contribution in [2.45, 2.75) is 13.3 Å². The zero-order valence-electron chi connectivity index (χ0n) is 7.09. The first-order valence-electron chi connectivity index (χ1n) is 3.61. The van der Waals surface area contributed by atoms with E-state index in [0.717, 1.165) is 6.20 Å². The molecule has 14 heavy (non-hydrogen) atoms. The van der Waals surface area contributed by atoms with Gasteiger partial charge in [-0.05, 0) is 12.5 Å². The summed E-state index contributed by atoms with van der Waals surface area (Å²) in [4.78, 5) is 14.0. The van der Waals surface area contributed by atoms with Gasteiger partial charge in [-0.2, -0.15) is 0 Å². The molecule has 0 aromatic carbocycles. The molecular formula is C8H6ClF2NO2. The zero-order valence-corrected chi connectivity index (χ0v) is 7.85. The van der Waals surface area contributed by atoms with E-state index in [1.54, 1.807) is 0 Å². The molecule has 1 rings (SSSR count). The molecule has 1 aromatic rings. The number of hydrogen-bond acceptors (Lipinski definition) is 2. The molecule has 76 valence electrons. The van der Waals surface area contributed by atoms with Crippen molar-refractivity contribution in [3.05, 3.63) is 28.0 Å². The van der Waals surface area contributed by atoms with E-state index in [0.29, 0.717) is 0 Å². The average molecular weight is 222 g/mol. The Morgan fingerprint density at radius 1 is 1.64 bits per heavy atom. The summed E-state index contributed by atoms with van der Waals surface area (Å²) in [5, 5.41) is 8.41. The SMILES string of the molecule is Cc1c(C(F)F)cnc(Cl)c1C(=O)O. The molecule has 1 N–H and O–H groups in total. The topological polar surface area (TPSA) is 50.2 Å². The number of carboxylic acids is 1. The Kier molecular flexibility index (Phi) is 3.00. The number of carbonyl (C=O) groups is 1. The molecule has 1 heterocycles. The highest BCUT2D eigenvalue weighted by atomic mass is 35.5. The van der Waals surface area contributed by atoms with Gasteiger partial charge in [0.05, 0.1) is 0 Å². The summed E-state index contributed by atoms with van der Waals surface area (Å²) < 4.78 is 24.7. The number of hydrogen-bond donors (Lipinski definition) is 1. The quantitative estimate of drug-likeness (QED) is 0.781. The van der Waals surface area contributed by atoms with Crippen molar-refractivity contribution in [1.29, 1.82) is 0 Å². The molecule has 0 fully saturated rings. The van der Waals surface area contributed by atoms with Crippen molar-refractivity contribution in [1.82, 2.24) is 4.98 Å². The second-order valence-corrected chi connectivity index (χ2v) is 2.97. The summed E-state index contributed by atoms with van der Waals surface area (Å²) in [5.41, 5.74) is -0.830. The summed E-state index contributed by atoms with van der Waals surface area (Å²) in [6, 6.07) is 0. The molecule has 0 aliphatic carbocycles. The number of pyridine rings is 1. The average Bonchev–Trinajstić information content (AvgIpc) is 2.02. The maximum absolute atomic E-state index is 12.3. The lowest BCUT2D eigenvalue weighted by Gasteiger charge is -2.07. The maximum Gasteiger partial charge on any atom is 0.339 e. The molecule has 0 spiro atoms. The largest absolute Gasteiger partial charge is 0.478 e. The van der Waals surface area contributed by atoms with Gasteiger partial charge in [-0.25, -0.2) is 18.6 Å². The van der Waals surface area contributed by atoms with Gasteiger partial charge in [0, 0.05) is 11.8 Å². The lowest BCUT2D eigenvalue weighted by atomic mass is 10.1. The van der Waals surface area contributed by atoms with Crippen LogP contribution in [0.2, 0.25) is 5.15 Å². The molecule has 0 amide bonds. The van der Waals surface area contributed by atoms with Crippen molar-refractivity contribution < 1.29 is 18.7 Å². The lowest BCUT2D eigenvalue weighted by molar-refractivity contribution is 0.0695. The summed E-state index contributed by atoms with van der Waals surface area (Å²) in [7, 11) is 0. The molecule has 0 unspecified atom stereocenters. The highest BCUT2D eigenvalue weighted by molar-refractivity contribution is 6.32. The molecule has 0 bridgehead atoms. The first-order valence-corrected chi connectivity index (χ1v) is 3.99. The Morgan fingerprint density at radius 3 is 2.64 bits per heavy atom. The van der Waals surface area contributed by atoms with Crippen LogP contribution in [-0.4, -0.2) is 16.1 Å². The molecule has 1 aromatic heterocycles. The van der Waals surface area contributed by atoms with Crippen LogP contribution in [0.25, 0.3) is 0 Å². The monoisotopic (exact) mass is 221 g/mol. The minimum absolute atomic E-state index is 0.0486. The predicted molar refractivity (Wildman–Crippen MR) is 45.9 cm³/mol. The minimum atomic E-state index is -2.75. The van der Waals surface area contributed by atoms with Gasteiger partial charge >= 0.3 is 5.97 Å². The van der Waals surface area contributed by atoms with Gasteiger partial charge in [0.2, 0.25) is 0 Å². The highest BCUT2D eigenvalue weighted by Gasteiger charge is 2.20. The smallest absolute Gasteiger partial charge is 0.339 e. The van der Waals surface area contributed by atoms with Crippen LogP contribution in [0.3, 0.4) is 0 Å². The third-order valence-electron chi connectivity index (χ3n) is 1.78. The third-order valence-corrected chi connectivity index (χ3v) is 2.07. The molecule has 0 saturated carbocycles. The first kappa shape index (κ1) is 10.8. The second kappa shape index (κ2) is 3.88. The number of halogens is 3. The van der Waals surface area contributed by atoms with Crippen LogP contribution in [0.1, 0.15) is 27.9 Å². The molecular weight excluding hydrogens is 216 g/mol. The van der Waals surface area contributed by atoms with E-state index in [1.807, 2.05) is 0 Å². The van der Waals surface area contributed by atoms with Crippen LogP contribution in [0, 0.1) is 6.92 Å². The van der Waals surface area contributed by atoms with E-state index in [-0.39, 0.29) is 16.3 Å². The third kappa shape index (κ3) is 1.82. The zero-order chi connectivity index (χ0) is 10.9. The molecule has 0 saturated heterocycles. The van der Waals surface area contributed by atoms with Crippen molar-refractivity contribution in [3.8, 4) is 0 Å². The van der Waals surface area contributed by atoms with Crippen LogP contribution in [-0.2, 0) is 0 Å². The molecule has 0 atom stereocenters. The molecule has 6 heteroatoms. The summed E-state index contributed by atoms with van der Waals surface area (Å²) >= 11 is 5.46. The van der Waals surface area contributed by atoms with E-state index in [2.05, 4.69) is 4.98 Å². The van der Waals surface area contributed by atoms with Gasteiger partial charge in [-0.1, -0.05) is 11.6 Å². The van der Waals surface area contributed by atoms with Gasteiger partial charge < -0.3 is 5.11 Å². The Bertz CT molecular complexity index is 382. The number of nitrogens with zero attached hydrogens (tertiary/aromatic N) is 1. The molecule has 0 aliphatic heterocycles. The Balaban J connectivity index is 3.41. The van der Waals surface area contributed by atoms with Crippen molar-refractivity contribution in [2.24, 2.45) is 0 Å². The van der Waals surface area contributed by atoms with Crippen LogP contribution in [0.15, 0.2) is 6.20 Å². The van der Waals surface area contributed by atoms with Gasteiger partial charge in [0.15, 0.2) is 0 Å². The van der Waals surface area contributed by atoms with Gasteiger partial charge in [-0.3, -0.25) is 0 Å². The van der Waals surface area contributed by atoms with Gasteiger partial charge in [0.1, 0.15) is 10.7 Å². The van der Waals surface area contributed by atoms with Crippen LogP contribution >= 0.6 is 11.6 Å². The number of rotatable bonds is 2. The first-order chi connectivity index (χ1) is 6.45. The van der Waals surface area contributed by atoms with Crippen LogP contribution in [0.5, 0.6) is 0 Å². The normalized spacial score (nSPS) is 10.6. The summed E-state index contributed by atoms with van der Waals surface area (Å²) in [6.45, 7) is 1.28. The van der Waals surface area contributed by atoms with Crippen molar-refractivity contribution in [2.75, 3.05) is 0 Å². The Labute approximate surface area is 83.3 Å². The van der Waals surface area contributed by atoms with Crippen molar-refractivity contribution in [3.63, 3.8) is 0 Å². The minimum Gasteiger partial charge on any atom is -0.478 e. The predicted octanol–water partition coefficient (Wildman–Crippen LogP) is 2.68. The number of aromatic carboxylic acids is 1. The maximum atomic E-state index is 12.3. The Hall–Kier alpha value is -1.23. The van der Waals surface area contributed by atoms with Gasteiger partial charge in [0.25, 0.3) is 6.43 Å². The van der Waals surface area contributed by atoms with E-state index in [9.17, 15) is 13.6 Å². The van der Waals surface area contributed by atoms with E-state index >= 15 is 0 Å². The highest BCUT2D eigenvalue weighted by Crippen LogP contribution is 2.27. The second-order valence-electron chi connectivity index (χ2n) is 2.61. The summed E-state index contributed by atoms with van der Waals surface area (Å²) in [5.74, 6) is -1.36. The number of carboxylic acid groups (broad SMARTS) is 1. The van der Waals surface area contributed by atoms with Crippen molar-refractivity contribution >= 4 is 17.6 Å². The number of alkyl halides is 2. The molecule has 0 aliphatic rings. The molecule has 3 nitrogen and oxygen atoms in total. The fourth-order valence-electron chi connectivity index (χ4n) is 1.06. The Morgan fingerprint density at radius 2 is 2.21 bits per heavy atom. The van der Waals surface area contributed by atoms with E-state index in [4.69, 9.17) is 16.7 Å². The van der Waals surface area contributed by atoms with Gasteiger partial charge in [-0.15, -0.1) is 0 Å². The molecule has 0 radical (unpaired) electrons. The number of aromatic nitrogens is 1. The fraction of sp³-hybridized carbons (Fsp3) is 0.250. The van der Waals surface area contributed by atoms with Crippen LogP contribution in [0.4, 0.5) is 8.78 Å². The van der Waals surface area contributed by atoms with E-state index < -0.39 is 18.0 Å². The standard InChI is InChI=1S/C8H6ClF2NO2/c1-3-4(7(10)11)2-12-6(9)5(3)8(13)14/h2,7H,1H3,(H,13,14). The fourth-order valence-corrected chi connectivity index (χ4v) is 1.33. The summed E-state index contributed by atoms with van der Waals surface area (Å²) in [6.07, 6.45) is -1.87. The lowest BCUT2D eigenvalue weighted by Crippen LogP contribution is -2.06. The van der Waals surface area contributed by atoms with Crippen LogP contribution < -0.4 is 0 Å².